The van der Waals surface area contributed by atoms with Crippen molar-refractivity contribution in [2.75, 3.05) is 31.1 Å². The van der Waals surface area contributed by atoms with E-state index < -0.39 is 11.4 Å². The molecule has 1 saturated heterocycles. The quantitative estimate of drug-likeness (QED) is 0.778. The van der Waals surface area contributed by atoms with E-state index in [2.05, 4.69) is 14.4 Å². The summed E-state index contributed by atoms with van der Waals surface area (Å²) in [6.45, 7) is 4.20. The van der Waals surface area contributed by atoms with Crippen LogP contribution in [-0.2, 0) is 22.2 Å². The van der Waals surface area contributed by atoms with E-state index in [4.69, 9.17) is 4.55 Å². The van der Waals surface area contributed by atoms with Crippen LogP contribution in [0, 0.1) is 0 Å². The molecule has 1 aromatic carbocycles. The van der Waals surface area contributed by atoms with Crippen LogP contribution in [0.15, 0.2) is 24.3 Å². The van der Waals surface area contributed by atoms with Crippen LogP contribution in [0.2, 0.25) is 0 Å². The number of hydrogen-bond acceptors (Lipinski definition) is 4. The zero-order valence-electron chi connectivity index (χ0n) is 9.46. The molecule has 5 nitrogen and oxygen atoms in total. The third kappa shape index (κ3) is 3.78. The second-order valence-electron chi connectivity index (χ2n) is 3.88. The maximum absolute atomic E-state index is 10.4. The monoisotopic (exact) mass is 256 g/mol. The van der Waals surface area contributed by atoms with Crippen LogP contribution in [0.4, 0.5) is 5.69 Å². The maximum atomic E-state index is 10.4. The molecule has 0 aromatic heterocycles. The van der Waals surface area contributed by atoms with Crippen LogP contribution in [-0.4, -0.2) is 34.9 Å². The van der Waals surface area contributed by atoms with Crippen molar-refractivity contribution in [3.63, 3.8) is 0 Å². The number of anilines is 1. The first kappa shape index (κ1) is 12.5. The molecule has 6 heteroatoms. The van der Waals surface area contributed by atoms with Crippen LogP contribution in [0.25, 0.3) is 0 Å². The average Bonchev–Trinajstić information content (AvgIpc) is 2.38. The Labute approximate surface area is 103 Å². The Morgan fingerprint density at radius 3 is 2.53 bits per heavy atom. The van der Waals surface area contributed by atoms with Gasteiger partial charge in [0.1, 0.15) is 0 Å². The second-order valence-corrected chi connectivity index (χ2v) is 4.55. The van der Waals surface area contributed by atoms with Crippen LogP contribution < -0.4 is 10.2 Å². The van der Waals surface area contributed by atoms with Crippen molar-refractivity contribution in [1.82, 2.24) is 5.32 Å². The highest BCUT2D eigenvalue weighted by atomic mass is 32.2. The van der Waals surface area contributed by atoms with Gasteiger partial charge in [-0.2, -0.15) is 4.21 Å². The van der Waals surface area contributed by atoms with Gasteiger partial charge in [-0.15, -0.1) is 0 Å². The number of nitrogens with one attached hydrogen (secondary N) is 1. The minimum absolute atomic E-state index is 0.158. The lowest BCUT2D eigenvalue weighted by molar-refractivity contribution is 0.297. The summed E-state index contributed by atoms with van der Waals surface area (Å²) in [5.74, 6) is 0. The van der Waals surface area contributed by atoms with Gasteiger partial charge < -0.3 is 10.2 Å². The molecule has 2 N–H and O–H groups in total. The molecular weight excluding hydrogens is 240 g/mol. The van der Waals surface area contributed by atoms with Crippen molar-refractivity contribution in [3.05, 3.63) is 29.8 Å². The third-order valence-electron chi connectivity index (χ3n) is 2.74. The Morgan fingerprint density at radius 2 is 1.94 bits per heavy atom. The minimum atomic E-state index is -2.19. The highest BCUT2D eigenvalue weighted by molar-refractivity contribution is 7.74. The molecule has 2 rings (SSSR count). The maximum Gasteiger partial charge on any atom is 0.302 e. The van der Waals surface area contributed by atoms with Gasteiger partial charge in [-0.25, -0.2) is 0 Å². The van der Waals surface area contributed by atoms with Gasteiger partial charge in [-0.3, -0.25) is 8.74 Å². The van der Waals surface area contributed by atoms with Gasteiger partial charge >= 0.3 is 11.4 Å². The van der Waals surface area contributed by atoms with Crippen LogP contribution in [0.5, 0.6) is 0 Å². The molecule has 0 saturated carbocycles. The van der Waals surface area contributed by atoms with Gasteiger partial charge in [0.15, 0.2) is 0 Å². The molecule has 0 spiro atoms. The molecule has 1 aliphatic heterocycles. The summed E-state index contributed by atoms with van der Waals surface area (Å²) in [7, 11) is 0. The van der Waals surface area contributed by atoms with Gasteiger partial charge in [0.25, 0.3) is 0 Å². The van der Waals surface area contributed by atoms with Crippen LogP contribution in [0.1, 0.15) is 5.56 Å². The Hall–Kier alpha value is -0.950. The van der Waals surface area contributed by atoms with E-state index in [1.54, 1.807) is 0 Å². The van der Waals surface area contributed by atoms with Crippen molar-refractivity contribution in [2.45, 2.75) is 6.61 Å². The zero-order chi connectivity index (χ0) is 12.1. The molecule has 94 valence electrons. The molecule has 1 unspecified atom stereocenters. The summed E-state index contributed by atoms with van der Waals surface area (Å²) in [6, 6.07) is 7.88. The SMILES string of the molecule is O=S(O)OCc1ccc(N2CCNCC2)cc1. The number of rotatable bonds is 4. The van der Waals surface area contributed by atoms with Crippen molar-refractivity contribution in [1.29, 1.82) is 0 Å². The van der Waals surface area contributed by atoms with Gasteiger partial charge in [0.05, 0.1) is 6.61 Å². The topological polar surface area (TPSA) is 61.8 Å². The molecule has 1 aliphatic rings. The predicted molar refractivity (Wildman–Crippen MR) is 67.1 cm³/mol. The van der Waals surface area contributed by atoms with Crippen molar-refractivity contribution in [2.24, 2.45) is 0 Å². The first-order valence-electron chi connectivity index (χ1n) is 5.54. The molecule has 0 bridgehead atoms. The molecule has 0 aliphatic carbocycles. The fourth-order valence-corrected chi connectivity index (χ4v) is 2.08. The van der Waals surface area contributed by atoms with E-state index in [1.807, 2.05) is 24.3 Å². The lowest BCUT2D eigenvalue weighted by Gasteiger charge is -2.29. The van der Waals surface area contributed by atoms with Gasteiger partial charge in [0.2, 0.25) is 0 Å². The fourth-order valence-electron chi connectivity index (χ4n) is 1.84. The number of piperazine rings is 1. The molecule has 17 heavy (non-hydrogen) atoms. The second kappa shape index (κ2) is 6.11. The van der Waals surface area contributed by atoms with E-state index >= 15 is 0 Å². The minimum Gasteiger partial charge on any atom is -0.369 e. The first-order chi connectivity index (χ1) is 8.25. The molecular formula is C11H16N2O3S. The fraction of sp³-hybridized carbons (Fsp3) is 0.455. The van der Waals surface area contributed by atoms with Crippen molar-refractivity contribution in [3.8, 4) is 0 Å². The van der Waals surface area contributed by atoms with Crippen molar-refractivity contribution < 1.29 is 12.9 Å². The molecule has 0 radical (unpaired) electrons. The van der Waals surface area contributed by atoms with Crippen molar-refractivity contribution >= 4 is 17.0 Å². The largest absolute Gasteiger partial charge is 0.369 e. The number of nitrogens with zero attached hydrogens (tertiary/aromatic N) is 1. The Bertz CT molecular complexity index is 377. The predicted octanol–water partition coefficient (Wildman–Crippen LogP) is 0.749. The molecule has 0 amide bonds. The molecule has 1 heterocycles. The highest BCUT2D eigenvalue weighted by Crippen LogP contribution is 2.16. The number of hydrogen-bond donors (Lipinski definition) is 2. The summed E-state index contributed by atoms with van der Waals surface area (Å²) in [6.07, 6.45) is 0. The molecule has 1 fully saturated rings. The van der Waals surface area contributed by atoms with Gasteiger partial charge in [-0.05, 0) is 17.7 Å². The first-order valence-corrected chi connectivity index (χ1v) is 6.57. The number of benzene rings is 1. The molecule has 1 atom stereocenters. The van der Waals surface area contributed by atoms with Gasteiger partial charge in [-0.1, -0.05) is 12.1 Å². The van der Waals surface area contributed by atoms with E-state index in [0.717, 1.165) is 31.7 Å². The smallest absolute Gasteiger partial charge is 0.302 e. The Morgan fingerprint density at radius 1 is 1.29 bits per heavy atom. The summed E-state index contributed by atoms with van der Waals surface area (Å²) < 4.78 is 23.5. The summed E-state index contributed by atoms with van der Waals surface area (Å²) in [4.78, 5) is 2.31. The zero-order valence-corrected chi connectivity index (χ0v) is 10.3. The van der Waals surface area contributed by atoms with E-state index in [0.29, 0.717) is 0 Å². The van der Waals surface area contributed by atoms with Crippen LogP contribution >= 0.6 is 0 Å². The van der Waals surface area contributed by atoms with E-state index in [-0.39, 0.29) is 6.61 Å². The lowest BCUT2D eigenvalue weighted by atomic mass is 10.2. The standard InChI is InChI=1S/C11H16N2O3S/c14-17(15)16-9-10-1-3-11(4-2-10)13-7-5-12-6-8-13/h1-4,12H,5-9H2,(H,14,15). The summed E-state index contributed by atoms with van der Waals surface area (Å²) in [5.41, 5.74) is 2.08. The normalized spacial score (nSPS) is 18.1. The molecule has 1 aromatic rings. The average molecular weight is 256 g/mol. The van der Waals surface area contributed by atoms with E-state index in [9.17, 15) is 4.21 Å². The summed E-state index contributed by atoms with van der Waals surface area (Å²) >= 11 is -2.19. The Kier molecular flexibility index (Phi) is 4.49. The summed E-state index contributed by atoms with van der Waals surface area (Å²) in [5, 5.41) is 3.31. The highest BCUT2D eigenvalue weighted by Gasteiger charge is 2.09. The lowest BCUT2D eigenvalue weighted by Crippen LogP contribution is -2.43. The third-order valence-corrected chi connectivity index (χ3v) is 3.06. The van der Waals surface area contributed by atoms with Gasteiger partial charge in [0, 0.05) is 31.9 Å². The van der Waals surface area contributed by atoms with Crippen LogP contribution in [0.3, 0.4) is 0 Å². The van der Waals surface area contributed by atoms with E-state index in [1.165, 1.54) is 5.69 Å². The Balaban J connectivity index is 1.94.